The third-order valence-corrected chi connectivity index (χ3v) is 3.37. The smallest absolute Gasteiger partial charge is 0.354 e. The predicted octanol–water partition coefficient (Wildman–Crippen LogP) is 2.03. The number of hydrogen-bond donors (Lipinski definition) is 1. The van der Waals surface area contributed by atoms with Gasteiger partial charge in [-0.05, 0) is 32.3 Å². The zero-order valence-corrected chi connectivity index (χ0v) is 15.7. The van der Waals surface area contributed by atoms with Crippen molar-refractivity contribution in [1.29, 1.82) is 0 Å². The summed E-state index contributed by atoms with van der Waals surface area (Å²) < 4.78 is 15.8. The van der Waals surface area contributed by atoms with Crippen LogP contribution in [0.5, 0.6) is 5.75 Å². The average molecular weight is 401 g/mol. The fourth-order valence-electron chi connectivity index (χ4n) is 1.63. The van der Waals surface area contributed by atoms with E-state index < -0.39 is 11.9 Å². The van der Waals surface area contributed by atoms with Crippen molar-refractivity contribution in [2.45, 2.75) is 0 Å². The Morgan fingerprint density at radius 2 is 1.96 bits per heavy atom. The summed E-state index contributed by atoms with van der Waals surface area (Å²) in [6, 6.07) is 5.28. The fourth-order valence-corrected chi connectivity index (χ4v) is 1.97. The van der Waals surface area contributed by atoms with E-state index in [2.05, 4.69) is 30.7 Å². The minimum absolute atomic E-state index is 0.0517. The first-order chi connectivity index (χ1) is 11.4. The Morgan fingerprint density at radius 3 is 2.54 bits per heavy atom. The number of nitrogens with one attached hydrogen (secondary N) is 1. The summed E-state index contributed by atoms with van der Waals surface area (Å²) in [4.78, 5) is 25.2. The molecule has 1 rings (SSSR count). The number of methoxy groups -OCH3 is 2. The lowest BCUT2D eigenvalue weighted by Gasteiger charge is -2.16. The van der Waals surface area contributed by atoms with Gasteiger partial charge < -0.3 is 24.4 Å². The number of hydrogen-bond acceptors (Lipinski definition) is 7. The van der Waals surface area contributed by atoms with Gasteiger partial charge >= 0.3 is 11.9 Å². The topological polar surface area (TPSA) is 77.1 Å². The van der Waals surface area contributed by atoms with E-state index in [0.717, 1.165) is 17.1 Å². The number of benzene rings is 1. The van der Waals surface area contributed by atoms with Gasteiger partial charge in [-0.3, -0.25) is 0 Å². The quantitative estimate of drug-likeness (QED) is 0.528. The van der Waals surface area contributed by atoms with Crippen molar-refractivity contribution in [2.24, 2.45) is 0 Å². The standard InChI is InChI=1S/C16H21BrN2O5/c1-19(2)7-8-24-14-9-11(17)5-6-12(14)18-13(16(21)23-4)10-15(20)22-3/h5-6,9-10,18H,7-8H2,1-4H3/b13-10+. The Bertz CT molecular complexity index is 616. The number of likely N-dealkylation sites (N-methyl/N-ethyl adjacent to an activating group) is 1. The predicted molar refractivity (Wildman–Crippen MR) is 93.9 cm³/mol. The van der Waals surface area contributed by atoms with Gasteiger partial charge in [-0.2, -0.15) is 0 Å². The van der Waals surface area contributed by atoms with Crippen LogP contribution < -0.4 is 10.1 Å². The summed E-state index contributed by atoms with van der Waals surface area (Å²) in [7, 11) is 6.34. The second kappa shape index (κ2) is 9.94. The SMILES string of the molecule is COC(=O)/C=C(/Nc1ccc(Br)cc1OCCN(C)C)C(=O)OC. The van der Waals surface area contributed by atoms with Gasteiger partial charge in [-0.25, -0.2) is 9.59 Å². The Balaban J connectivity index is 3.03. The third-order valence-electron chi connectivity index (χ3n) is 2.88. The molecule has 0 aliphatic carbocycles. The highest BCUT2D eigenvalue weighted by atomic mass is 79.9. The summed E-state index contributed by atoms with van der Waals surface area (Å²) in [6.45, 7) is 1.19. The van der Waals surface area contributed by atoms with Crippen molar-refractivity contribution in [2.75, 3.05) is 46.8 Å². The number of halogens is 1. The summed E-state index contributed by atoms with van der Waals surface area (Å²) in [5.74, 6) is -0.830. The first kappa shape index (κ1) is 20.0. The van der Waals surface area contributed by atoms with Gasteiger partial charge in [0, 0.05) is 11.0 Å². The number of rotatable bonds is 8. The Kier molecular flexibility index (Phi) is 8.28. The molecule has 0 unspecified atom stereocenters. The molecule has 0 fully saturated rings. The molecular weight excluding hydrogens is 380 g/mol. The average Bonchev–Trinajstić information content (AvgIpc) is 2.55. The Labute approximate surface area is 149 Å². The molecule has 0 heterocycles. The molecule has 7 nitrogen and oxygen atoms in total. The second-order valence-electron chi connectivity index (χ2n) is 4.99. The van der Waals surface area contributed by atoms with E-state index in [1.165, 1.54) is 14.2 Å². The molecule has 0 bridgehead atoms. The van der Waals surface area contributed by atoms with E-state index in [4.69, 9.17) is 4.74 Å². The number of carbonyl (C=O) groups excluding carboxylic acids is 2. The van der Waals surface area contributed by atoms with Crippen LogP contribution in [0.3, 0.4) is 0 Å². The maximum absolute atomic E-state index is 11.8. The summed E-state index contributed by atoms with van der Waals surface area (Å²) in [5, 5.41) is 2.86. The summed E-state index contributed by atoms with van der Waals surface area (Å²) >= 11 is 3.38. The third kappa shape index (κ3) is 6.59. The van der Waals surface area contributed by atoms with E-state index >= 15 is 0 Å². The number of esters is 2. The van der Waals surface area contributed by atoms with Crippen LogP contribution in [-0.2, 0) is 19.1 Å². The van der Waals surface area contributed by atoms with Crippen LogP contribution in [0.4, 0.5) is 5.69 Å². The highest BCUT2D eigenvalue weighted by Gasteiger charge is 2.15. The normalized spacial score (nSPS) is 11.2. The molecule has 8 heteroatoms. The number of nitrogens with zero attached hydrogens (tertiary/aromatic N) is 1. The first-order valence-electron chi connectivity index (χ1n) is 7.09. The van der Waals surface area contributed by atoms with Gasteiger partial charge in [0.2, 0.25) is 0 Å². The molecule has 0 aromatic heterocycles. The molecule has 1 aromatic carbocycles. The van der Waals surface area contributed by atoms with Gasteiger partial charge in [0.1, 0.15) is 18.1 Å². The largest absolute Gasteiger partial charge is 0.490 e. The minimum Gasteiger partial charge on any atom is -0.490 e. The zero-order chi connectivity index (χ0) is 18.1. The van der Waals surface area contributed by atoms with Crippen molar-refractivity contribution in [3.63, 3.8) is 0 Å². The Morgan fingerprint density at radius 1 is 1.25 bits per heavy atom. The van der Waals surface area contributed by atoms with Crippen LogP contribution in [0.15, 0.2) is 34.4 Å². The van der Waals surface area contributed by atoms with E-state index in [9.17, 15) is 9.59 Å². The van der Waals surface area contributed by atoms with Crippen molar-refractivity contribution >= 4 is 33.6 Å². The lowest BCUT2D eigenvalue weighted by molar-refractivity contribution is -0.138. The summed E-state index contributed by atoms with van der Waals surface area (Å²) in [5.41, 5.74) is 0.474. The Hall–Kier alpha value is -2.06. The lowest BCUT2D eigenvalue weighted by atomic mass is 10.2. The number of ether oxygens (including phenoxy) is 3. The van der Waals surface area contributed by atoms with Crippen LogP contribution in [-0.4, -0.2) is 58.3 Å². The lowest BCUT2D eigenvalue weighted by Crippen LogP contribution is -2.20. The monoisotopic (exact) mass is 400 g/mol. The van der Waals surface area contributed by atoms with Crippen molar-refractivity contribution in [3.05, 3.63) is 34.4 Å². The highest BCUT2D eigenvalue weighted by Crippen LogP contribution is 2.29. The van der Waals surface area contributed by atoms with Crippen LogP contribution in [0.25, 0.3) is 0 Å². The molecule has 0 atom stereocenters. The van der Waals surface area contributed by atoms with Crippen LogP contribution >= 0.6 is 15.9 Å². The van der Waals surface area contributed by atoms with Gasteiger partial charge in [0.05, 0.1) is 26.0 Å². The van der Waals surface area contributed by atoms with Crippen molar-refractivity contribution < 1.29 is 23.8 Å². The van der Waals surface area contributed by atoms with Crippen molar-refractivity contribution in [1.82, 2.24) is 4.90 Å². The maximum Gasteiger partial charge on any atom is 0.354 e. The minimum atomic E-state index is -0.692. The molecule has 0 amide bonds. The van der Waals surface area contributed by atoms with Crippen molar-refractivity contribution in [3.8, 4) is 5.75 Å². The van der Waals surface area contributed by atoms with E-state index in [0.29, 0.717) is 18.0 Å². The maximum atomic E-state index is 11.8. The molecule has 0 spiro atoms. The molecule has 132 valence electrons. The molecule has 0 saturated heterocycles. The molecular formula is C16H21BrN2O5. The molecule has 1 N–H and O–H groups in total. The zero-order valence-electron chi connectivity index (χ0n) is 14.1. The fraction of sp³-hybridized carbons (Fsp3) is 0.375. The molecule has 1 aromatic rings. The van der Waals surface area contributed by atoms with E-state index in [1.54, 1.807) is 18.2 Å². The van der Waals surface area contributed by atoms with Gasteiger partial charge in [-0.15, -0.1) is 0 Å². The molecule has 0 saturated carbocycles. The second-order valence-corrected chi connectivity index (χ2v) is 5.91. The van der Waals surface area contributed by atoms with Gasteiger partial charge in [0.15, 0.2) is 0 Å². The van der Waals surface area contributed by atoms with E-state index in [-0.39, 0.29) is 5.70 Å². The summed E-state index contributed by atoms with van der Waals surface area (Å²) in [6.07, 6.45) is 1.03. The first-order valence-corrected chi connectivity index (χ1v) is 7.88. The van der Waals surface area contributed by atoms with Crippen LogP contribution in [0.1, 0.15) is 0 Å². The van der Waals surface area contributed by atoms with Gasteiger partial charge in [0.25, 0.3) is 0 Å². The van der Waals surface area contributed by atoms with Gasteiger partial charge in [-0.1, -0.05) is 15.9 Å². The molecule has 0 aliphatic rings. The number of anilines is 1. The molecule has 0 radical (unpaired) electrons. The van der Waals surface area contributed by atoms with E-state index in [1.807, 2.05) is 19.0 Å². The number of carbonyl (C=O) groups is 2. The molecule has 0 aliphatic heterocycles. The van der Waals surface area contributed by atoms with Crippen LogP contribution in [0, 0.1) is 0 Å². The van der Waals surface area contributed by atoms with Crippen LogP contribution in [0.2, 0.25) is 0 Å². The molecule has 24 heavy (non-hydrogen) atoms. The highest BCUT2D eigenvalue weighted by molar-refractivity contribution is 9.10.